The van der Waals surface area contributed by atoms with Gasteiger partial charge < -0.3 is 10.2 Å². The van der Waals surface area contributed by atoms with Crippen molar-refractivity contribution in [2.45, 2.75) is 19.4 Å². The second kappa shape index (κ2) is 6.34. The van der Waals surface area contributed by atoms with E-state index in [0.29, 0.717) is 11.1 Å². The Balaban J connectivity index is 1.68. The van der Waals surface area contributed by atoms with Crippen LogP contribution in [-0.2, 0) is 0 Å². The summed E-state index contributed by atoms with van der Waals surface area (Å²) in [5.41, 5.74) is 1.62. The molecule has 0 aliphatic carbocycles. The molecule has 0 aromatic heterocycles. The van der Waals surface area contributed by atoms with Crippen molar-refractivity contribution in [3.63, 3.8) is 0 Å². The summed E-state index contributed by atoms with van der Waals surface area (Å²) in [6.07, 6.45) is 1.07. The molecule has 1 atom stereocenters. The largest absolute Gasteiger partial charge is 0.337 e. The number of piperazine rings is 1. The third kappa shape index (κ3) is 3.07. The van der Waals surface area contributed by atoms with Crippen LogP contribution in [0.5, 0.6) is 0 Å². The highest BCUT2D eigenvalue weighted by atomic mass is 35.5. The molecule has 2 aliphatic heterocycles. The third-order valence-electron chi connectivity index (χ3n) is 4.62. The SMILES string of the molecule is Cc1c(Cl)cccc1C(=O)N1CCC(N2CCNCC2)C1. The smallest absolute Gasteiger partial charge is 0.254 e. The van der Waals surface area contributed by atoms with E-state index in [0.717, 1.165) is 56.8 Å². The zero-order valence-corrected chi connectivity index (χ0v) is 13.2. The minimum atomic E-state index is 0.118. The highest BCUT2D eigenvalue weighted by Crippen LogP contribution is 2.23. The summed E-state index contributed by atoms with van der Waals surface area (Å²) < 4.78 is 0. The number of nitrogens with zero attached hydrogens (tertiary/aromatic N) is 2. The van der Waals surface area contributed by atoms with Gasteiger partial charge in [0.25, 0.3) is 5.91 Å². The number of rotatable bonds is 2. The van der Waals surface area contributed by atoms with Crippen LogP contribution in [0.3, 0.4) is 0 Å². The highest BCUT2D eigenvalue weighted by Gasteiger charge is 2.31. The lowest BCUT2D eigenvalue weighted by molar-refractivity contribution is 0.0773. The summed E-state index contributed by atoms with van der Waals surface area (Å²) in [5, 5.41) is 4.04. The molecule has 0 saturated carbocycles. The lowest BCUT2D eigenvalue weighted by Crippen LogP contribution is -2.49. The maximum absolute atomic E-state index is 12.7. The first-order valence-electron chi connectivity index (χ1n) is 7.66. The van der Waals surface area contributed by atoms with E-state index >= 15 is 0 Å². The molecule has 1 N–H and O–H groups in total. The zero-order chi connectivity index (χ0) is 14.8. The molecule has 0 radical (unpaired) electrons. The second-order valence-corrected chi connectivity index (χ2v) is 6.30. The number of hydrogen-bond donors (Lipinski definition) is 1. The van der Waals surface area contributed by atoms with E-state index in [-0.39, 0.29) is 5.91 Å². The molecule has 2 fully saturated rings. The Morgan fingerprint density at radius 2 is 2.05 bits per heavy atom. The molecule has 114 valence electrons. The molecule has 1 unspecified atom stereocenters. The van der Waals surface area contributed by atoms with E-state index in [1.54, 1.807) is 0 Å². The maximum Gasteiger partial charge on any atom is 0.254 e. The van der Waals surface area contributed by atoms with Crippen LogP contribution in [0, 0.1) is 6.92 Å². The van der Waals surface area contributed by atoms with Gasteiger partial charge in [-0.05, 0) is 31.0 Å². The summed E-state index contributed by atoms with van der Waals surface area (Å²) in [6.45, 7) is 7.88. The van der Waals surface area contributed by atoms with Gasteiger partial charge in [-0.3, -0.25) is 9.69 Å². The van der Waals surface area contributed by atoms with E-state index in [9.17, 15) is 4.79 Å². The van der Waals surface area contributed by atoms with Crippen molar-refractivity contribution < 1.29 is 4.79 Å². The number of carbonyl (C=O) groups excluding carboxylic acids is 1. The average Bonchev–Trinajstić information content (AvgIpc) is 3.00. The molecule has 1 aromatic rings. The van der Waals surface area contributed by atoms with Crippen LogP contribution in [-0.4, -0.2) is 61.0 Å². The van der Waals surface area contributed by atoms with Gasteiger partial charge in [0.1, 0.15) is 0 Å². The molecular weight excluding hydrogens is 286 g/mol. The quantitative estimate of drug-likeness (QED) is 0.904. The first-order chi connectivity index (χ1) is 10.2. The van der Waals surface area contributed by atoms with Crippen molar-refractivity contribution >= 4 is 17.5 Å². The Morgan fingerprint density at radius 1 is 1.29 bits per heavy atom. The van der Waals surface area contributed by atoms with Gasteiger partial charge in [-0.2, -0.15) is 0 Å². The van der Waals surface area contributed by atoms with Gasteiger partial charge in [-0.25, -0.2) is 0 Å². The number of nitrogens with one attached hydrogen (secondary N) is 1. The van der Waals surface area contributed by atoms with Gasteiger partial charge in [0.2, 0.25) is 0 Å². The molecule has 2 heterocycles. The highest BCUT2D eigenvalue weighted by molar-refractivity contribution is 6.31. The lowest BCUT2D eigenvalue weighted by atomic mass is 10.1. The van der Waals surface area contributed by atoms with Crippen LogP contribution in [0.2, 0.25) is 5.02 Å². The van der Waals surface area contributed by atoms with Crippen molar-refractivity contribution in [3.05, 3.63) is 34.3 Å². The lowest BCUT2D eigenvalue weighted by Gasteiger charge is -2.32. The molecule has 3 rings (SSSR count). The molecule has 21 heavy (non-hydrogen) atoms. The van der Waals surface area contributed by atoms with Crippen LogP contribution in [0.1, 0.15) is 22.3 Å². The normalized spacial score (nSPS) is 23.5. The molecule has 4 nitrogen and oxygen atoms in total. The maximum atomic E-state index is 12.7. The minimum absolute atomic E-state index is 0.118. The Kier molecular flexibility index (Phi) is 4.48. The van der Waals surface area contributed by atoms with Gasteiger partial charge in [0, 0.05) is 55.9 Å². The number of carbonyl (C=O) groups is 1. The Bertz CT molecular complexity index is 528. The first kappa shape index (κ1) is 14.8. The monoisotopic (exact) mass is 307 g/mol. The number of benzene rings is 1. The summed E-state index contributed by atoms with van der Waals surface area (Å²) in [7, 11) is 0. The number of halogens is 1. The van der Waals surface area contributed by atoms with Crippen LogP contribution in [0.4, 0.5) is 0 Å². The van der Waals surface area contributed by atoms with Gasteiger partial charge in [0.15, 0.2) is 0 Å². The molecule has 5 heteroatoms. The van der Waals surface area contributed by atoms with Crippen molar-refractivity contribution in [2.75, 3.05) is 39.3 Å². The molecule has 0 spiro atoms. The molecular formula is C16H22ClN3O. The Morgan fingerprint density at radius 3 is 2.81 bits per heavy atom. The van der Waals surface area contributed by atoms with Gasteiger partial charge in [-0.1, -0.05) is 17.7 Å². The van der Waals surface area contributed by atoms with E-state index in [4.69, 9.17) is 11.6 Å². The number of likely N-dealkylation sites (tertiary alicyclic amines) is 1. The third-order valence-corrected chi connectivity index (χ3v) is 5.03. The fourth-order valence-electron chi connectivity index (χ4n) is 3.28. The summed E-state index contributed by atoms with van der Waals surface area (Å²) in [4.78, 5) is 17.2. The minimum Gasteiger partial charge on any atom is -0.337 e. The van der Waals surface area contributed by atoms with Gasteiger partial charge in [-0.15, -0.1) is 0 Å². The topological polar surface area (TPSA) is 35.6 Å². The first-order valence-corrected chi connectivity index (χ1v) is 8.04. The predicted molar refractivity (Wildman–Crippen MR) is 84.9 cm³/mol. The molecule has 2 saturated heterocycles. The standard InChI is InChI=1S/C16H22ClN3O/c1-12-14(3-2-4-15(12)17)16(21)20-8-5-13(11-20)19-9-6-18-7-10-19/h2-4,13,18H,5-11H2,1H3. The molecule has 0 bridgehead atoms. The zero-order valence-electron chi connectivity index (χ0n) is 12.4. The van der Waals surface area contributed by atoms with Crippen molar-refractivity contribution in [1.82, 2.24) is 15.1 Å². The van der Waals surface area contributed by atoms with Crippen LogP contribution < -0.4 is 5.32 Å². The fraction of sp³-hybridized carbons (Fsp3) is 0.562. The van der Waals surface area contributed by atoms with Gasteiger partial charge >= 0.3 is 0 Å². The average molecular weight is 308 g/mol. The van der Waals surface area contributed by atoms with Crippen LogP contribution in [0.25, 0.3) is 0 Å². The summed E-state index contributed by atoms with van der Waals surface area (Å²) in [6, 6.07) is 6.07. The fourth-order valence-corrected chi connectivity index (χ4v) is 3.46. The second-order valence-electron chi connectivity index (χ2n) is 5.89. The summed E-state index contributed by atoms with van der Waals surface area (Å²) in [5.74, 6) is 0.118. The Labute approximate surface area is 131 Å². The van der Waals surface area contributed by atoms with Crippen molar-refractivity contribution in [2.24, 2.45) is 0 Å². The van der Waals surface area contributed by atoms with E-state index in [2.05, 4.69) is 10.2 Å². The van der Waals surface area contributed by atoms with Crippen molar-refractivity contribution in [1.29, 1.82) is 0 Å². The Hall–Kier alpha value is -1.10. The van der Waals surface area contributed by atoms with Crippen LogP contribution in [0.15, 0.2) is 18.2 Å². The van der Waals surface area contributed by atoms with Crippen molar-refractivity contribution in [3.8, 4) is 0 Å². The van der Waals surface area contributed by atoms with E-state index in [1.807, 2.05) is 30.0 Å². The molecule has 1 amide bonds. The summed E-state index contributed by atoms with van der Waals surface area (Å²) >= 11 is 6.13. The predicted octanol–water partition coefficient (Wildman–Crippen LogP) is 1.77. The van der Waals surface area contributed by atoms with Gasteiger partial charge in [0.05, 0.1) is 0 Å². The van der Waals surface area contributed by atoms with E-state index in [1.165, 1.54) is 0 Å². The number of hydrogen-bond acceptors (Lipinski definition) is 3. The van der Waals surface area contributed by atoms with Crippen LogP contribution >= 0.6 is 11.6 Å². The molecule has 2 aliphatic rings. The molecule has 1 aromatic carbocycles. The van der Waals surface area contributed by atoms with E-state index < -0.39 is 0 Å². The number of amides is 1.